The molecule has 0 bridgehead atoms. The van der Waals surface area contributed by atoms with Gasteiger partial charge in [-0.25, -0.2) is 4.98 Å². The molecular formula is C4H5N3. The van der Waals surface area contributed by atoms with Gasteiger partial charge in [0.15, 0.2) is 5.82 Å². The van der Waals surface area contributed by atoms with Gasteiger partial charge in [0.25, 0.3) is 0 Å². The van der Waals surface area contributed by atoms with Crippen LogP contribution in [0.4, 0.5) is 0 Å². The first-order valence-electron chi connectivity index (χ1n) is 1.91. The van der Waals surface area contributed by atoms with Gasteiger partial charge in [-0.2, -0.15) is 5.10 Å². The highest BCUT2D eigenvalue weighted by Crippen LogP contribution is 1.82. The van der Waals surface area contributed by atoms with Crippen LogP contribution < -0.4 is 0 Å². The number of nitrogens with zero attached hydrogens (tertiary/aromatic N) is 2. The third kappa shape index (κ3) is 0.652. The Labute approximate surface area is 41.1 Å². The second kappa shape index (κ2) is 1.55. The van der Waals surface area contributed by atoms with Crippen molar-refractivity contribution in [2.45, 2.75) is 0 Å². The second-order valence-electron chi connectivity index (χ2n) is 1.06. The normalized spacial score (nSPS) is 8.57. The van der Waals surface area contributed by atoms with E-state index in [1.165, 1.54) is 6.33 Å². The maximum absolute atomic E-state index is 3.75. The summed E-state index contributed by atoms with van der Waals surface area (Å²) in [4.78, 5) is 3.75. The molecule has 0 unspecified atom stereocenters. The van der Waals surface area contributed by atoms with Crippen LogP contribution in [0.15, 0.2) is 12.9 Å². The molecule has 1 aromatic heterocycles. The summed E-state index contributed by atoms with van der Waals surface area (Å²) in [5.41, 5.74) is 0. The molecule has 1 heterocycles. The summed E-state index contributed by atoms with van der Waals surface area (Å²) in [5, 5.41) is 6.23. The zero-order valence-electron chi connectivity index (χ0n) is 3.76. The van der Waals surface area contributed by atoms with Crippen LogP contribution >= 0.6 is 0 Å². The van der Waals surface area contributed by atoms with E-state index in [0.29, 0.717) is 5.82 Å². The van der Waals surface area contributed by atoms with Crippen LogP contribution in [0.1, 0.15) is 5.82 Å². The lowest BCUT2D eigenvalue weighted by atomic mass is 10.6. The minimum absolute atomic E-state index is 0.639. The van der Waals surface area contributed by atoms with Crippen molar-refractivity contribution in [2.24, 2.45) is 0 Å². The Morgan fingerprint density at radius 2 is 2.71 bits per heavy atom. The Morgan fingerprint density at radius 3 is 3.00 bits per heavy atom. The van der Waals surface area contributed by atoms with Gasteiger partial charge in [0.2, 0.25) is 0 Å². The van der Waals surface area contributed by atoms with E-state index in [0.717, 1.165) is 0 Å². The van der Waals surface area contributed by atoms with Gasteiger partial charge < -0.3 is 0 Å². The molecule has 0 aliphatic rings. The van der Waals surface area contributed by atoms with Crippen molar-refractivity contribution in [3.05, 3.63) is 18.7 Å². The molecule has 0 atom stereocenters. The summed E-state index contributed by atoms with van der Waals surface area (Å²) >= 11 is 0. The summed E-state index contributed by atoms with van der Waals surface area (Å²) in [6.45, 7) is 3.46. The largest absolute Gasteiger partial charge is 0.266 e. The highest BCUT2D eigenvalue weighted by atomic mass is 15.2. The van der Waals surface area contributed by atoms with Gasteiger partial charge in [-0.15, -0.1) is 0 Å². The molecule has 7 heavy (non-hydrogen) atoms. The van der Waals surface area contributed by atoms with Gasteiger partial charge in [0.05, 0.1) is 0 Å². The Hall–Kier alpha value is -1.12. The maximum Gasteiger partial charge on any atom is 0.172 e. The smallest absolute Gasteiger partial charge is 0.172 e. The molecule has 3 nitrogen and oxygen atoms in total. The zero-order valence-corrected chi connectivity index (χ0v) is 3.76. The van der Waals surface area contributed by atoms with Crippen molar-refractivity contribution in [2.75, 3.05) is 0 Å². The molecule has 1 N–H and O–H groups in total. The second-order valence-corrected chi connectivity index (χ2v) is 1.06. The molecule has 0 fully saturated rings. The lowest BCUT2D eigenvalue weighted by molar-refractivity contribution is 1.08. The van der Waals surface area contributed by atoms with Crippen molar-refractivity contribution in [3.63, 3.8) is 0 Å². The molecule has 0 spiro atoms. The third-order valence-corrected chi connectivity index (χ3v) is 0.616. The van der Waals surface area contributed by atoms with Crippen molar-refractivity contribution in [1.82, 2.24) is 15.2 Å². The summed E-state index contributed by atoms with van der Waals surface area (Å²) in [7, 11) is 0. The topological polar surface area (TPSA) is 41.6 Å². The van der Waals surface area contributed by atoms with Crippen LogP contribution in [0.5, 0.6) is 0 Å². The van der Waals surface area contributed by atoms with Gasteiger partial charge in [0.1, 0.15) is 6.33 Å². The highest BCUT2D eigenvalue weighted by Gasteiger charge is 1.80. The summed E-state index contributed by atoms with van der Waals surface area (Å²) in [6.07, 6.45) is 3.09. The third-order valence-electron chi connectivity index (χ3n) is 0.616. The van der Waals surface area contributed by atoms with Crippen LogP contribution in [0.25, 0.3) is 6.08 Å². The first-order valence-corrected chi connectivity index (χ1v) is 1.91. The van der Waals surface area contributed by atoms with Crippen LogP contribution in [0.3, 0.4) is 0 Å². The molecule has 36 valence electrons. The fourth-order valence-electron chi connectivity index (χ4n) is 0.317. The van der Waals surface area contributed by atoms with E-state index >= 15 is 0 Å². The van der Waals surface area contributed by atoms with Crippen LogP contribution in [0, 0.1) is 0 Å². The number of rotatable bonds is 1. The molecule has 0 amide bonds. The molecule has 0 saturated heterocycles. The SMILES string of the molecule is C=Cc1nc[nH]n1. The van der Waals surface area contributed by atoms with E-state index in [1.807, 2.05) is 0 Å². The van der Waals surface area contributed by atoms with E-state index in [1.54, 1.807) is 6.08 Å². The van der Waals surface area contributed by atoms with Crippen LogP contribution in [0.2, 0.25) is 0 Å². The van der Waals surface area contributed by atoms with Crippen LogP contribution in [-0.4, -0.2) is 15.2 Å². The Bertz CT molecular complexity index is 142. The molecule has 0 aliphatic carbocycles. The Morgan fingerprint density at radius 1 is 1.86 bits per heavy atom. The predicted molar refractivity (Wildman–Crippen MR) is 26.5 cm³/mol. The summed E-state index contributed by atoms with van der Waals surface area (Å²) in [6, 6.07) is 0. The first kappa shape index (κ1) is 4.05. The molecular weight excluding hydrogens is 90.1 g/mol. The Kier molecular flexibility index (Phi) is 0.898. The van der Waals surface area contributed by atoms with E-state index in [-0.39, 0.29) is 0 Å². The quantitative estimate of drug-likeness (QED) is 0.550. The van der Waals surface area contributed by atoms with Crippen molar-refractivity contribution >= 4 is 6.08 Å². The number of hydrogen-bond acceptors (Lipinski definition) is 2. The van der Waals surface area contributed by atoms with Gasteiger partial charge in [-0.1, -0.05) is 6.58 Å². The average molecular weight is 95.1 g/mol. The molecule has 3 heteroatoms. The minimum Gasteiger partial charge on any atom is -0.266 e. The molecule has 1 rings (SSSR count). The molecule has 1 aromatic rings. The number of nitrogens with one attached hydrogen (secondary N) is 1. The van der Waals surface area contributed by atoms with Crippen molar-refractivity contribution in [3.8, 4) is 0 Å². The Balaban J connectivity index is 2.96. The lowest BCUT2D eigenvalue weighted by Crippen LogP contribution is -1.70. The van der Waals surface area contributed by atoms with E-state index in [4.69, 9.17) is 0 Å². The predicted octanol–water partition coefficient (Wildman–Crippen LogP) is 0.448. The standard InChI is InChI=1S/C4H5N3/c1-2-4-5-3-6-7-4/h2-3H,1H2,(H,5,6,7). The zero-order chi connectivity index (χ0) is 5.11. The average Bonchev–Trinajstić information content (AvgIpc) is 2.14. The summed E-state index contributed by atoms with van der Waals surface area (Å²) in [5.74, 6) is 0.639. The first-order chi connectivity index (χ1) is 3.43. The van der Waals surface area contributed by atoms with E-state index in [2.05, 4.69) is 21.8 Å². The lowest BCUT2D eigenvalue weighted by Gasteiger charge is -1.68. The maximum atomic E-state index is 3.75. The monoisotopic (exact) mass is 95.0 g/mol. The van der Waals surface area contributed by atoms with Gasteiger partial charge in [0, 0.05) is 0 Å². The van der Waals surface area contributed by atoms with E-state index < -0.39 is 0 Å². The molecule has 0 aromatic carbocycles. The number of hydrogen-bond donors (Lipinski definition) is 1. The molecule has 0 saturated carbocycles. The van der Waals surface area contributed by atoms with Crippen molar-refractivity contribution < 1.29 is 0 Å². The minimum atomic E-state index is 0.639. The van der Waals surface area contributed by atoms with Gasteiger partial charge >= 0.3 is 0 Å². The number of H-pyrrole nitrogens is 1. The van der Waals surface area contributed by atoms with Gasteiger partial charge in [-0.3, -0.25) is 5.10 Å². The van der Waals surface area contributed by atoms with Crippen LogP contribution in [-0.2, 0) is 0 Å². The van der Waals surface area contributed by atoms with Gasteiger partial charge in [-0.05, 0) is 6.08 Å². The highest BCUT2D eigenvalue weighted by molar-refractivity contribution is 5.33. The fourth-order valence-corrected chi connectivity index (χ4v) is 0.317. The number of aromatic amines is 1. The molecule has 0 aliphatic heterocycles. The summed E-state index contributed by atoms with van der Waals surface area (Å²) < 4.78 is 0. The van der Waals surface area contributed by atoms with Crippen molar-refractivity contribution in [1.29, 1.82) is 0 Å². The number of aromatic nitrogens is 3. The molecule has 0 radical (unpaired) electrons. The fraction of sp³-hybridized carbons (Fsp3) is 0. The van der Waals surface area contributed by atoms with E-state index in [9.17, 15) is 0 Å².